The Morgan fingerprint density at radius 3 is 2.85 bits per heavy atom. The zero-order valence-corrected chi connectivity index (χ0v) is 16.4. The first-order valence-electron chi connectivity index (χ1n) is 8.80. The topological polar surface area (TPSA) is 75.3 Å². The number of carbonyl (C=O) groups is 2. The third-order valence-corrected chi connectivity index (χ3v) is 5.59. The fraction of sp³-hybridized carbons (Fsp3) is 0.421. The molecule has 0 aromatic carbocycles. The summed E-state index contributed by atoms with van der Waals surface area (Å²) in [5.74, 6) is 0.157. The van der Waals surface area contributed by atoms with E-state index in [1.54, 1.807) is 35.6 Å². The molecule has 2 unspecified atom stereocenters. The number of hydrogen-bond donors (Lipinski definition) is 0. The van der Waals surface area contributed by atoms with E-state index in [2.05, 4.69) is 5.10 Å². The number of rotatable bonds is 7. The zero-order valence-electron chi connectivity index (χ0n) is 15.6. The van der Waals surface area contributed by atoms with Crippen LogP contribution in [-0.2, 0) is 14.3 Å². The first-order valence-corrected chi connectivity index (χ1v) is 9.68. The lowest BCUT2D eigenvalue weighted by atomic mass is 10.1. The molecule has 0 radical (unpaired) electrons. The van der Waals surface area contributed by atoms with E-state index < -0.39 is 6.04 Å². The number of esters is 1. The highest BCUT2D eigenvalue weighted by atomic mass is 32.1. The Morgan fingerprint density at radius 1 is 1.44 bits per heavy atom. The molecular formula is C19H23N3O4S. The summed E-state index contributed by atoms with van der Waals surface area (Å²) in [5, 5.41) is 8.05. The highest BCUT2D eigenvalue weighted by Crippen LogP contribution is 2.35. The fourth-order valence-corrected chi connectivity index (χ4v) is 4.04. The summed E-state index contributed by atoms with van der Waals surface area (Å²) >= 11 is 1.59. The number of hydrazone groups is 1. The van der Waals surface area contributed by atoms with Gasteiger partial charge in [-0.3, -0.25) is 14.5 Å². The number of furan rings is 1. The van der Waals surface area contributed by atoms with Gasteiger partial charge < -0.3 is 9.15 Å². The van der Waals surface area contributed by atoms with Gasteiger partial charge in [-0.25, -0.2) is 5.01 Å². The van der Waals surface area contributed by atoms with Crippen LogP contribution in [0, 0.1) is 0 Å². The van der Waals surface area contributed by atoms with Crippen molar-refractivity contribution in [1.82, 2.24) is 9.91 Å². The predicted molar refractivity (Wildman–Crippen MR) is 102 cm³/mol. The van der Waals surface area contributed by atoms with Crippen LogP contribution in [0.25, 0.3) is 0 Å². The maximum absolute atomic E-state index is 13.0. The van der Waals surface area contributed by atoms with Crippen LogP contribution in [0.15, 0.2) is 45.4 Å². The molecule has 1 aliphatic heterocycles. The van der Waals surface area contributed by atoms with E-state index in [0.717, 1.165) is 10.6 Å². The van der Waals surface area contributed by atoms with Crippen LogP contribution in [-0.4, -0.2) is 54.2 Å². The van der Waals surface area contributed by atoms with Crippen molar-refractivity contribution in [3.63, 3.8) is 0 Å². The fourth-order valence-electron chi connectivity index (χ4n) is 3.22. The Hall–Kier alpha value is -2.45. The number of methoxy groups -OCH3 is 1. The molecule has 2 atom stereocenters. The van der Waals surface area contributed by atoms with E-state index in [0.29, 0.717) is 18.6 Å². The average Bonchev–Trinajstić information content (AvgIpc) is 3.41. The minimum absolute atomic E-state index is 0.0738. The molecular weight excluding hydrogens is 366 g/mol. The molecule has 8 heteroatoms. The first-order chi connectivity index (χ1) is 13.0. The number of amides is 1. The first kappa shape index (κ1) is 19.3. The van der Waals surface area contributed by atoms with Crippen molar-refractivity contribution in [2.24, 2.45) is 5.10 Å². The Bertz CT molecular complexity index is 801. The van der Waals surface area contributed by atoms with Crippen LogP contribution >= 0.6 is 11.3 Å². The van der Waals surface area contributed by atoms with Gasteiger partial charge in [-0.1, -0.05) is 13.0 Å². The van der Waals surface area contributed by atoms with Gasteiger partial charge >= 0.3 is 5.97 Å². The van der Waals surface area contributed by atoms with E-state index in [-0.39, 0.29) is 24.5 Å². The lowest BCUT2D eigenvalue weighted by Gasteiger charge is -2.27. The monoisotopic (exact) mass is 389 g/mol. The van der Waals surface area contributed by atoms with Crippen LogP contribution in [0.3, 0.4) is 0 Å². The molecule has 3 heterocycles. The minimum Gasteiger partial charge on any atom is -0.468 e. The number of hydrogen-bond acceptors (Lipinski definition) is 7. The van der Waals surface area contributed by atoms with Crippen LogP contribution < -0.4 is 0 Å². The number of nitrogens with zero attached hydrogens (tertiary/aromatic N) is 3. The largest absolute Gasteiger partial charge is 0.468 e. The summed E-state index contributed by atoms with van der Waals surface area (Å²) in [7, 11) is 3.10. The summed E-state index contributed by atoms with van der Waals surface area (Å²) in [4.78, 5) is 27.7. The molecule has 1 aliphatic rings. The number of ether oxygens (including phenoxy) is 1. The molecule has 144 valence electrons. The molecule has 0 bridgehead atoms. The Morgan fingerprint density at radius 2 is 2.26 bits per heavy atom. The molecule has 2 aromatic heterocycles. The van der Waals surface area contributed by atoms with Crippen LogP contribution in [0.1, 0.15) is 36.4 Å². The van der Waals surface area contributed by atoms with Gasteiger partial charge in [0.2, 0.25) is 0 Å². The molecule has 0 spiro atoms. The summed E-state index contributed by atoms with van der Waals surface area (Å²) in [5.41, 5.74) is 0.745. The third kappa shape index (κ3) is 4.12. The maximum Gasteiger partial charge on any atom is 0.323 e. The van der Waals surface area contributed by atoms with Crippen molar-refractivity contribution in [2.45, 2.75) is 31.8 Å². The zero-order chi connectivity index (χ0) is 19.4. The number of likely N-dealkylation sites (N-methyl/N-ethyl adjacent to an activating group) is 1. The molecule has 0 aliphatic carbocycles. The van der Waals surface area contributed by atoms with Crippen molar-refractivity contribution in [2.75, 3.05) is 20.7 Å². The van der Waals surface area contributed by atoms with Gasteiger partial charge in [0.15, 0.2) is 0 Å². The standard InChI is InChI=1S/C19H23N3O4S/c1-4-14(19(24)25-3)21(2)12-18(23)22-15(17-8-6-10-27-17)11-13(20-22)16-7-5-9-26-16/h5-10,14-15H,4,11-12H2,1-3H3. The van der Waals surface area contributed by atoms with Gasteiger partial charge in [-0.15, -0.1) is 11.3 Å². The third-order valence-electron chi connectivity index (χ3n) is 4.62. The molecule has 2 aromatic rings. The van der Waals surface area contributed by atoms with Gasteiger partial charge in [0, 0.05) is 11.3 Å². The molecule has 1 amide bonds. The second kappa shape index (κ2) is 8.49. The highest BCUT2D eigenvalue weighted by Gasteiger charge is 2.36. The Kier molecular flexibility index (Phi) is 6.08. The summed E-state index contributed by atoms with van der Waals surface area (Å²) in [6, 6.07) is 6.99. The van der Waals surface area contributed by atoms with E-state index in [9.17, 15) is 9.59 Å². The summed E-state index contributed by atoms with van der Waals surface area (Å²) in [6.45, 7) is 1.96. The van der Waals surface area contributed by atoms with E-state index in [1.165, 1.54) is 12.1 Å². The minimum atomic E-state index is -0.463. The van der Waals surface area contributed by atoms with Crippen molar-refractivity contribution in [1.29, 1.82) is 0 Å². The quantitative estimate of drug-likeness (QED) is 0.681. The Labute approximate surface area is 162 Å². The van der Waals surface area contributed by atoms with Crippen LogP contribution in [0.4, 0.5) is 0 Å². The second-order valence-corrected chi connectivity index (χ2v) is 7.34. The molecule has 7 nitrogen and oxygen atoms in total. The average molecular weight is 389 g/mol. The van der Waals surface area contributed by atoms with Crippen molar-refractivity contribution in [3.05, 3.63) is 46.5 Å². The van der Waals surface area contributed by atoms with Gasteiger partial charge in [0.25, 0.3) is 5.91 Å². The molecule has 3 rings (SSSR count). The van der Waals surface area contributed by atoms with E-state index in [4.69, 9.17) is 9.15 Å². The second-order valence-electron chi connectivity index (χ2n) is 6.36. The van der Waals surface area contributed by atoms with Gasteiger partial charge in [-0.2, -0.15) is 5.10 Å². The lowest BCUT2D eigenvalue weighted by Crippen LogP contribution is -2.44. The molecule has 0 saturated heterocycles. The summed E-state index contributed by atoms with van der Waals surface area (Å²) in [6.07, 6.45) is 2.75. The lowest BCUT2D eigenvalue weighted by molar-refractivity contribution is -0.147. The van der Waals surface area contributed by atoms with Crippen molar-refractivity contribution >= 4 is 28.9 Å². The van der Waals surface area contributed by atoms with Gasteiger partial charge in [-0.05, 0) is 37.0 Å². The number of thiophene rings is 1. The molecule has 27 heavy (non-hydrogen) atoms. The number of carbonyl (C=O) groups excluding carboxylic acids is 2. The van der Waals surface area contributed by atoms with Gasteiger partial charge in [0.1, 0.15) is 17.5 Å². The Balaban J connectivity index is 1.80. The van der Waals surface area contributed by atoms with E-state index in [1.807, 2.05) is 30.5 Å². The normalized spacial score (nSPS) is 17.9. The summed E-state index contributed by atoms with van der Waals surface area (Å²) < 4.78 is 10.3. The molecule has 0 saturated carbocycles. The van der Waals surface area contributed by atoms with Gasteiger partial charge in [0.05, 0.1) is 26.0 Å². The predicted octanol–water partition coefficient (Wildman–Crippen LogP) is 2.90. The smallest absolute Gasteiger partial charge is 0.323 e. The van der Waals surface area contributed by atoms with Crippen molar-refractivity contribution < 1.29 is 18.7 Å². The molecule has 0 fully saturated rings. The SMILES string of the molecule is CCC(C(=O)OC)N(C)CC(=O)N1N=C(c2ccco2)CC1c1cccs1. The van der Waals surface area contributed by atoms with Crippen LogP contribution in [0.2, 0.25) is 0 Å². The van der Waals surface area contributed by atoms with Crippen LogP contribution in [0.5, 0.6) is 0 Å². The maximum atomic E-state index is 13.0. The molecule has 0 N–H and O–H groups in total. The van der Waals surface area contributed by atoms with E-state index >= 15 is 0 Å². The highest BCUT2D eigenvalue weighted by molar-refractivity contribution is 7.10. The van der Waals surface area contributed by atoms with Crippen molar-refractivity contribution in [3.8, 4) is 0 Å².